The highest BCUT2D eigenvalue weighted by molar-refractivity contribution is 7.98. The lowest BCUT2D eigenvalue weighted by atomic mass is 10.1. The number of anilines is 2. The summed E-state index contributed by atoms with van der Waals surface area (Å²) >= 11 is 1.81. The summed E-state index contributed by atoms with van der Waals surface area (Å²) in [5.41, 5.74) is 8.12. The van der Waals surface area contributed by atoms with Gasteiger partial charge in [-0.25, -0.2) is 0 Å². The average Bonchev–Trinajstić information content (AvgIpc) is 2.40. The van der Waals surface area contributed by atoms with Crippen LogP contribution in [-0.2, 0) is 0 Å². The predicted molar refractivity (Wildman–Crippen MR) is 84.9 cm³/mol. The maximum atomic E-state index is 11.7. The highest BCUT2D eigenvalue weighted by Gasteiger charge is 2.10. The first kappa shape index (κ1) is 15.7. The third-order valence-electron chi connectivity index (χ3n) is 2.87. The number of thioether (sulfide) groups is 1. The number of hydrogen-bond donors (Lipinski definition) is 3. The Hall–Kier alpha value is -1.36. The smallest absolute Gasteiger partial charge is 0.251 e. The Morgan fingerprint density at radius 2 is 2.16 bits per heavy atom. The van der Waals surface area contributed by atoms with Gasteiger partial charge >= 0.3 is 0 Å². The van der Waals surface area contributed by atoms with Crippen LogP contribution in [0.5, 0.6) is 0 Å². The van der Waals surface area contributed by atoms with Crippen LogP contribution in [0.4, 0.5) is 11.4 Å². The molecule has 19 heavy (non-hydrogen) atoms. The topological polar surface area (TPSA) is 67.2 Å². The van der Waals surface area contributed by atoms with Crippen molar-refractivity contribution in [3.8, 4) is 0 Å². The molecule has 0 spiro atoms. The summed E-state index contributed by atoms with van der Waals surface area (Å²) < 4.78 is 0. The average molecular weight is 281 g/mol. The lowest BCUT2D eigenvalue weighted by Crippen LogP contribution is -2.24. The third kappa shape index (κ3) is 4.67. The van der Waals surface area contributed by atoms with Gasteiger partial charge in [0.1, 0.15) is 0 Å². The van der Waals surface area contributed by atoms with E-state index in [0.717, 1.165) is 17.9 Å². The number of benzene rings is 1. The van der Waals surface area contributed by atoms with Crippen LogP contribution >= 0.6 is 11.8 Å². The summed E-state index contributed by atoms with van der Waals surface area (Å²) in [4.78, 5) is 11.7. The third-order valence-corrected chi connectivity index (χ3v) is 3.61. The zero-order chi connectivity index (χ0) is 14.3. The minimum absolute atomic E-state index is 0.0862. The molecule has 0 aliphatic heterocycles. The monoisotopic (exact) mass is 281 g/mol. The summed E-state index contributed by atoms with van der Waals surface area (Å²) in [6, 6.07) is 5.80. The number of nitrogens with two attached hydrogens (primary N) is 1. The van der Waals surface area contributed by atoms with E-state index in [9.17, 15) is 4.79 Å². The van der Waals surface area contributed by atoms with Gasteiger partial charge in [-0.1, -0.05) is 6.92 Å². The second kappa shape index (κ2) is 7.94. The van der Waals surface area contributed by atoms with Crippen LogP contribution in [0.25, 0.3) is 0 Å². The molecule has 0 fully saturated rings. The van der Waals surface area contributed by atoms with E-state index in [1.54, 1.807) is 23.9 Å². The van der Waals surface area contributed by atoms with Gasteiger partial charge in [0.25, 0.3) is 5.91 Å². The zero-order valence-electron chi connectivity index (χ0n) is 11.8. The largest absolute Gasteiger partial charge is 0.397 e. The maximum Gasteiger partial charge on any atom is 0.251 e. The first-order valence-electron chi connectivity index (χ1n) is 6.55. The normalized spacial score (nSPS) is 11.9. The Labute approximate surface area is 119 Å². The molecule has 0 aliphatic rings. The molecular formula is C14H23N3OS. The second-order valence-corrected chi connectivity index (χ2v) is 5.28. The Morgan fingerprint density at radius 1 is 1.42 bits per heavy atom. The minimum Gasteiger partial charge on any atom is -0.397 e. The van der Waals surface area contributed by atoms with Gasteiger partial charge in [-0.05, 0) is 37.8 Å². The molecule has 0 aliphatic carbocycles. The van der Waals surface area contributed by atoms with Gasteiger partial charge in [-0.15, -0.1) is 0 Å². The van der Waals surface area contributed by atoms with Crippen LogP contribution in [0.1, 0.15) is 30.6 Å². The Kier molecular flexibility index (Phi) is 6.56. The molecule has 1 atom stereocenters. The molecule has 1 rings (SSSR count). The lowest BCUT2D eigenvalue weighted by molar-refractivity contribution is 0.0956. The van der Waals surface area contributed by atoms with Crippen LogP contribution < -0.4 is 16.4 Å². The molecular weight excluding hydrogens is 258 g/mol. The number of hydrogen-bond acceptors (Lipinski definition) is 4. The SMILES string of the molecule is CCNC(=O)c1ccc(NC(CC)CSC)c(N)c1. The highest BCUT2D eigenvalue weighted by Crippen LogP contribution is 2.22. The molecule has 4 N–H and O–H groups in total. The van der Waals surface area contributed by atoms with Crippen molar-refractivity contribution in [2.24, 2.45) is 0 Å². The number of rotatable bonds is 7. The first-order valence-corrected chi connectivity index (χ1v) is 7.94. The molecule has 0 bridgehead atoms. The number of carbonyl (C=O) groups is 1. The van der Waals surface area contributed by atoms with Crippen molar-refractivity contribution in [2.45, 2.75) is 26.3 Å². The van der Waals surface area contributed by atoms with E-state index >= 15 is 0 Å². The fraction of sp³-hybridized carbons (Fsp3) is 0.500. The molecule has 1 aromatic carbocycles. The van der Waals surface area contributed by atoms with Crippen LogP contribution in [0.15, 0.2) is 18.2 Å². The Morgan fingerprint density at radius 3 is 2.68 bits per heavy atom. The number of amides is 1. The molecule has 106 valence electrons. The first-order chi connectivity index (χ1) is 9.12. The Bertz CT molecular complexity index is 423. The fourth-order valence-electron chi connectivity index (χ4n) is 1.78. The zero-order valence-corrected chi connectivity index (χ0v) is 12.6. The second-order valence-electron chi connectivity index (χ2n) is 4.37. The molecule has 5 heteroatoms. The van der Waals surface area contributed by atoms with E-state index in [2.05, 4.69) is 23.8 Å². The van der Waals surface area contributed by atoms with Crippen molar-refractivity contribution in [3.63, 3.8) is 0 Å². The lowest BCUT2D eigenvalue weighted by Gasteiger charge is -2.19. The van der Waals surface area contributed by atoms with Gasteiger partial charge in [0, 0.05) is 23.9 Å². The summed E-state index contributed by atoms with van der Waals surface area (Å²) in [5, 5.41) is 6.18. The fourth-order valence-corrected chi connectivity index (χ4v) is 2.50. The minimum atomic E-state index is -0.0862. The van der Waals surface area contributed by atoms with E-state index < -0.39 is 0 Å². The van der Waals surface area contributed by atoms with Crippen LogP contribution in [0.3, 0.4) is 0 Å². The van der Waals surface area contributed by atoms with E-state index in [1.165, 1.54) is 0 Å². The van der Waals surface area contributed by atoms with Gasteiger partial charge in [-0.3, -0.25) is 4.79 Å². The van der Waals surface area contributed by atoms with E-state index in [0.29, 0.717) is 23.8 Å². The summed E-state index contributed by atoms with van der Waals surface area (Å²) in [6.07, 6.45) is 3.13. The molecule has 1 aromatic rings. The van der Waals surface area contributed by atoms with Crippen molar-refractivity contribution in [2.75, 3.05) is 29.6 Å². The molecule has 1 unspecified atom stereocenters. The van der Waals surface area contributed by atoms with Crippen molar-refractivity contribution < 1.29 is 4.79 Å². The molecule has 0 saturated heterocycles. The van der Waals surface area contributed by atoms with Gasteiger partial charge in [0.05, 0.1) is 11.4 Å². The molecule has 1 amide bonds. The van der Waals surface area contributed by atoms with Gasteiger partial charge in [-0.2, -0.15) is 11.8 Å². The van der Waals surface area contributed by atoms with Crippen LogP contribution in [-0.4, -0.2) is 30.5 Å². The number of nitrogens with one attached hydrogen (secondary N) is 2. The van der Waals surface area contributed by atoms with Gasteiger partial charge in [0.2, 0.25) is 0 Å². The maximum absolute atomic E-state index is 11.7. The van der Waals surface area contributed by atoms with E-state index in [-0.39, 0.29) is 5.91 Å². The van der Waals surface area contributed by atoms with Crippen molar-refractivity contribution >= 4 is 29.0 Å². The standard InChI is InChI=1S/C14H23N3OS/c1-4-11(9-19-3)17-13-7-6-10(8-12(13)15)14(18)16-5-2/h6-8,11,17H,4-5,9,15H2,1-3H3,(H,16,18). The predicted octanol–water partition coefficient (Wildman–Crippen LogP) is 2.57. The molecule has 0 radical (unpaired) electrons. The highest BCUT2D eigenvalue weighted by atomic mass is 32.2. The summed E-state index contributed by atoms with van der Waals surface area (Å²) in [6.45, 7) is 4.66. The van der Waals surface area contributed by atoms with E-state index in [1.807, 2.05) is 13.0 Å². The van der Waals surface area contributed by atoms with Crippen molar-refractivity contribution in [1.29, 1.82) is 0 Å². The van der Waals surface area contributed by atoms with Gasteiger partial charge < -0.3 is 16.4 Å². The number of carbonyl (C=O) groups excluding carboxylic acids is 1. The quantitative estimate of drug-likeness (QED) is 0.672. The van der Waals surface area contributed by atoms with Crippen LogP contribution in [0, 0.1) is 0 Å². The molecule has 4 nitrogen and oxygen atoms in total. The van der Waals surface area contributed by atoms with Crippen molar-refractivity contribution in [1.82, 2.24) is 5.32 Å². The summed E-state index contributed by atoms with van der Waals surface area (Å²) in [7, 11) is 0. The summed E-state index contributed by atoms with van der Waals surface area (Å²) in [5.74, 6) is 0.950. The molecule has 0 aromatic heterocycles. The number of nitrogen functional groups attached to an aromatic ring is 1. The van der Waals surface area contributed by atoms with E-state index in [4.69, 9.17) is 5.73 Å². The van der Waals surface area contributed by atoms with Gasteiger partial charge in [0.15, 0.2) is 0 Å². The van der Waals surface area contributed by atoms with Crippen LogP contribution in [0.2, 0.25) is 0 Å². The molecule has 0 heterocycles. The molecule has 0 saturated carbocycles. The van der Waals surface area contributed by atoms with Crippen molar-refractivity contribution in [3.05, 3.63) is 23.8 Å². The Balaban J connectivity index is 2.79.